The maximum Gasteiger partial charge on any atom is 0.107 e. The molecule has 1 atom stereocenters. The fourth-order valence-electron chi connectivity index (χ4n) is 2.93. The minimum absolute atomic E-state index is 0.0772. The number of fused-ring (bicyclic) bond motifs is 1. The smallest absolute Gasteiger partial charge is 0.107 e. The number of aromatic nitrogens is 1. The Morgan fingerprint density at radius 1 is 1.33 bits per heavy atom. The lowest BCUT2D eigenvalue weighted by Crippen LogP contribution is -2.35. The Balaban J connectivity index is 1.63. The van der Waals surface area contributed by atoms with Crippen molar-refractivity contribution < 1.29 is 5.11 Å². The number of aryl methyl sites for hydroxylation is 1. The Morgan fingerprint density at radius 2 is 2.11 bits per heavy atom. The van der Waals surface area contributed by atoms with Gasteiger partial charge in [-0.1, -0.05) is 6.92 Å². The molecule has 0 bridgehead atoms. The molecule has 1 aromatic heterocycles. The topological polar surface area (TPSA) is 36.4 Å². The molecular weight excluding hydrogens is 244 g/mol. The van der Waals surface area contributed by atoms with Gasteiger partial charge in [-0.3, -0.25) is 4.90 Å². The largest absolute Gasteiger partial charge is 0.393 e. The molecule has 100 valence electrons. The molecule has 1 unspecified atom stereocenters. The first-order valence-corrected chi connectivity index (χ1v) is 7.90. The minimum Gasteiger partial charge on any atom is -0.393 e. The molecule has 2 heterocycles. The summed E-state index contributed by atoms with van der Waals surface area (Å²) in [6.45, 7) is 5.36. The Morgan fingerprint density at radius 3 is 2.89 bits per heavy atom. The van der Waals surface area contributed by atoms with Crippen LogP contribution < -0.4 is 0 Å². The predicted octanol–water partition coefficient (Wildman–Crippen LogP) is 2.22. The van der Waals surface area contributed by atoms with Crippen LogP contribution in [0.3, 0.4) is 0 Å². The van der Waals surface area contributed by atoms with Gasteiger partial charge < -0.3 is 5.11 Å². The van der Waals surface area contributed by atoms with Crippen LogP contribution in [-0.4, -0.2) is 34.2 Å². The highest BCUT2D eigenvalue weighted by Gasteiger charge is 2.22. The Bertz CT molecular complexity index is 410. The molecule has 3 rings (SSSR count). The van der Waals surface area contributed by atoms with Crippen molar-refractivity contribution in [2.24, 2.45) is 5.92 Å². The van der Waals surface area contributed by atoms with Crippen LogP contribution in [0.1, 0.15) is 41.8 Å². The van der Waals surface area contributed by atoms with Gasteiger partial charge in [0, 0.05) is 18.0 Å². The zero-order chi connectivity index (χ0) is 12.5. The number of likely N-dealkylation sites (tertiary alicyclic amines) is 1. The minimum atomic E-state index is -0.0772. The molecule has 1 saturated heterocycles. The normalized spacial score (nSPS) is 26.2. The molecule has 0 amide bonds. The van der Waals surface area contributed by atoms with Crippen LogP contribution >= 0.6 is 11.3 Å². The van der Waals surface area contributed by atoms with Crippen LogP contribution in [0.5, 0.6) is 0 Å². The third-order valence-electron chi connectivity index (χ3n) is 4.15. The molecule has 1 N–H and O–H groups in total. The number of aliphatic hydroxyl groups excluding tert-OH is 1. The van der Waals surface area contributed by atoms with Crippen LogP contribution in [-0.2, 0) is 19.4 Å². The van der Waals surface area contributed by atoms with E-state index in [4.69, 9.17) is 4.98 Å². The van der Waals surface area contributed by atoms with Crippen LogP contribution in [0.25, 0.3) is 0 Å². The van der Waals surface area contributed by atoms with E-state index in [1.165, 1.54) is 34.8 Å². The number of aliphatic hydroxyl groups is 1. The van der Waals surface area contributed by atoms with Gasteiger partial charge in [-0.15, -0.1) is 11.3 Å². The molecule has 1 aliphatic carbocycles. The lowest BCUT2D eigenvalue weighted by Gasteiger charge is -2.28. The zero-order valence-electron chi connectivity index (χ0n) is 11.1. The second kappa shape index (κ2) is 5.27. The summed E-state index contributed by atoms with van der Waals surface area (Å²) in [4.78, 5) is 8.77. The summed E-state index contributed by atoms with van der Waals surface area (Å²) in [5.41, 5.74) is 1.37. The first-order chi connectivity index (χ1) is 8.70. The second-order valence-corrected chi connectivity index (χ2v) is 7.00. The maximum atomic E-state index is 9.52. The van der Waals surface area contributed by atoms with Gasteiger partial charge in [-0.2, -0.15) is 0 Å². The lowest BCUT2D eigenvalue weighted by atomic mass is 9.93. The molecule has 18 heavy (non-hydrogen) atoms. The van der Waals surface area contributed by atoms with Crippen molar-refractivity contribution in [2.45, 2.75) is 51.7 Å². The standard InChI is InChI=1S/C14H22N2OS/c1-10-2-3-12-13(8-10)18-14(15-12)9-16-6-4-11(17)5-7-16/h10-11,17H,2-9H2,1H3. The first kappa shape index (κ1) is 12.6. The summed E-state index contributed by atoms with van der Waals surface area (Å²) >= 11 is 1.92. The SMILES string of the molecule is CC1CCc2nc(CN3CCC(O)CC3)sc2C1. The Labute approximate surface area is 113 Å². The Kier molecular flexibility index (Phi) is 3.68. The highest BCUT2D eigenvalue weighted by molar-refractivity contribution is 7.11. The van der Waals surface area contributed by atoms with Gasteiger partial charge in [0.05, 0.1) is 18.3 Å². The lowest BCUT2D eigenvalue weighted by molar-refractivity contribution is 0.0792. The van der Waals surface area contributed by atoms with E-state index >= 15 is 0 Å². The van der Waals surface area contributed by atoms with Gasteiger partial charge in [0.1, 0.15) is 5.01 Å². The van der Waals surface area contributed by atoms with Crippen LogP contribution in [0, 0.1) is 5.92 Å². The number of nitrogens with zero attached hydrogens (tertiary/aromatic N) is 2. The molecule has 0 aromatic carbocycles. The quantitative estimate of drug-likeness (QED) is 0.892. The van der Waals surface area contributed by atoms with E-state index in [-0.39, 0.29) is 6.10 Å². The van der Waals surface area contributed by atoms with Crippen molar-refractivity contribution in [3.8, 4) is 0 Å². The summed E-state index contributed by atoms with van der Waals surface area (Å²) < 4.78 is 0. The van der Waals surface area contributed by atoms with Gasteiger partial charge in [0.15, 0.2) is 0 Å². The Hall–Kier alpha value is -0.450. The molecule has 1 fully saturated rings. The van der Waals surface area contributed by atoms with Gasteiger partial charge in [-0.05, 0) is 38.0 Å². The van der Waals surface area contributed by atoms with Gasteiger partial charge >= 0.3 is 0 Å². The van der Waals surface area contributed by atoms with Gasteiger partial charge in [0.2, 0.25) is 0 Å². The van der Waals surface area contributed by atoms with E-state index < -0.39 is 0 Å². The fourth-order valence-corrected chi connectivity index (χ4v) is 4.25. The molecular formula is C14H22N2OS. The van der Waals surface area contributed by atoms with Crippen LogP contribution in [0.2, 0.25) is 0 Å². The van der Waals surface area contributed by atoms with E-state index in [2.05, 4.69) is 11.8 Å². The van der Waals surface area contributed by atoms with Crippen molar-refractivity contribution >= 4 is 11.3 Å². The maximum absolute atomic E-state index is 9.52. The van der Waals surface area contributed by atoms with E-state index in [9.17, 15) is 5.11 Å². The van der Waals surface area contributed by atoms with E-state index in [0.29, 0.717) is 0 Å². The fraction of sp³-hybridized carbons (Fsp3) is 0.786. The molecule has 1 aromatic rings. The predicted molar refractivity (Wildman–Crippen MR) is 73.8 cm³/mol. The average molecular weight is 266 g/mol. The third kappa shape index (κ3) is 2.76. The average Bonchev–Trinajstić information content (AvgIpc) is 2.73. The van der Waals surface area contributed by atoms with Crippen molar-refractivity contribution in [1.82, 2.24) is 9.88 Å². The summed E-state index contributed by atoms with van der Waals surface area (Å²) in [6.07, 6.45) is 5.46. The summed E-state index contributed by atoms with van der Waals surface area (Å²) in [5.74, 6) is 0.830. The van der Waals surface area contributed by atoms with E-state index in [0.717, 1.165) is 38.4 Å². The number of hydrogen-bond acceptors (Lipinski definition) is 4. The van der Waals surface area contributed by atoms with Crippen molar-refractivity contribution in [1.29, 1.82) is 0 Å². The summed E-state index contributed by atoms with van der Waals surface area (Å²) in [7, 11) is 0. The first-order valence-electron chi connectivity index (χ1n) is 7.08. The van der Waals surface area contributed by atoms with E-state index in [1.807, 2.05) is 11.3 Å². The number of thiazole rings is 1. The third-order valence-corrected chi connectivity index (χ3v) is 5.25. The molecule has 0 radical (unpaired) electrons. The van der Waals surface area contributed by atoms with Gasteiger partial charge in [0.25, 0.3) is 0 Å². The second-order valence-electron chi connectivity index (χ2n) is 5.83. The van der Waals surface area contributed by atoms with Crippen LogP contribution in [0.4, 0.5) is 0 Å². The zero-order valence-corrected chi connectivity index (χ0v) is 11.9. The van der Waals surface area contributed by atoms with Crippen LogP contribution in [0.15, 0.2) is 0 Å². The van der Waals surface area contributed by atoms with Crippen molar-refractivity contribution in [3.05, 3.63) is 15.6 Å². The summed E-state index contributed by atoms with van der Waals surface area (Å²) in [5, 5.41) is 10.8. The highest BCUT2D eigenvalue weighted by Crippen LogP contribution is 2.30. The number of piperidine rings is 1. The monoisotopic (exact) mass is 266 g/mol. The number of rotatable bonds is 2. The molecule has 2 aliphatic rings. The molecule has 0 saturated carbocycles. The molecule has 1 aliphatic heterocycles. The molecule has 0 spiro atoms. The molecule has 3 nitrogen and oxygen atoms in total. The molecule has 4 heteroatoms. The highest BCUT2D eigenvalue weighted by atomic mass is 32.1. The van der Waals surface area contributed by atoms with Gasteiger partial charge in [-0.25, -0.2) is 4.98 Å². The summed E-state index contributed by atoms with van der Waals surface area (Å²) in [6, 6.07) is 0. The number of hydrogen-bond donors (Lipinski definition) is 1. The van der Waals surface area contributed by atoms with E-state index in [1.54, 1.807) is 0 Å². The van der Waals surface area contributed by atoms with Crippen molar-refractivity contribution in [2.75, 3.05) is 13.1 Å². The van der Waals surface area contributed by atoms with Crippen molar-refractivity contribution in [3.63, 3.8) is 0 Å².